The van der Waals surface area contributed by atoms with Gasteiger partial charge in [0.05, 0.1) is 81.7 Å². The van der Waals surface area contributed by atoms with E-state index in [-0.39, 0.29) is 134 Å². The molecule has 5 fully saturated rings. The first-order valence-electron chi connectivity index (χ1n) is 28.6. The van der Waals surface area contributed by atoms with E-state index in [4.69, 9.17) is 108 Å². The Morgan fingerprint density at radius 2 is 0.867 bits per heavy atom. The highest BCUT2D eigenvalue weighted by molar-refractivity contribution is 7.90. The van der Waals surface area contributed by atoms with Gasteiger partial charge in [-0.2, -0.15) is 0 Å². The van der Waals surface area contributed by atoms with Crippen LogP contribution in [0.1, 0.15) is 54.8 Å². The van der Waals surface area contributed by atoms with Crippen LogP contribution in [0.15, 0.2) is 109 Å². The third-order valence-corrected chi connectivity index (χ3v) is 23.1. The number of benzene rings is 3. The highest BCUT2D eigenvalue weighted by Gasteiger charge is 2.61. The van der Waals surface area contributed by atoms with E-state index in [9.17, 15) is 34.8 Å². The van der Waals surface area contributed by atoms with Crippen molar-refractivity contribution >= 4 is 36.0 Å². The molecule has 5 saturated heterocycles. The van der Waals surface area contributed by atoms with Crippen LogP contribution in [-0.2, 0) is 75.1 Å². The number of nitrogens with two attached hydrogens (primary N) is 1. The number of aliphatic imine (C=N–C) groups is 1. The number of aromatic hydroxyl groups is 1. The smallest absolute Gasteiger partial charge is 0.243 e. The Balaban J connectivity index is 0.00000142. The summed E-state index contributed by atoms with van der Waals surface area (Å²) in [4.78, 5) is 21.0. The second-order valence-corrected chi connectivity index (χ2v) is 28.4. The van der Waals surface area contributed by atoms with Crippen molar-refractivity contribution in [2.45, 2.75) is 91.2 Å². The largest absolute Gasteiger partial charge is 0.508 e. The quantitative estimate of drug-likeness (QED) is 0.0796. The van der Waals surface area contributed by atoms with Crippen LogP contribution in [0.5, 0.6) is 29.0 Å². The van der Waals surface area contributed by atoms with Gasteiger partial charge >= 0.3 is 0 Å². The molecule has 9 atom stereocenters. The molecule has 0 unspecified atom stereocenters. The van der Waals surface area contributed by atoms with Gasteiger partial charge in [0.1, 0.15) is 78.7 Å². The fraction of sp³-hybridized carbons (Fsp3) is 0.466. The molecule has 8 heterocycles. The summed E-state index contributed by atoms with van der Waals surface area (Å²) in [5.74, 6) is -1.03. The maximum absolute atomic E-state index is 15.2. The number of phenols is 1. The monoisotopic (exact) mass is 1600 g/mol. The van der Waals surface area contributed by atoms with Crippen LogP contribution in [0.4, 0.5) is 81.9 Å². The summed E-state index contributed by atoms with van der Waals surface area (Å²) in [7, 11) is -2.97. The summed E-state index contributed by atoms with van der Waals surface area (Å²) < 4.78 is 284. The number of hydrogen-bond acceptors (Lipinski definition) is 23. The zero-order valence-corrected chi connectivity index (χ0v) is 58.1. The third-order valence-electron chi connectivity index (χ3n) is 16.3. The predicted octanol–water partition coefficient (Wildman–Crippen LogP) is 10.9. The van der Waals surface area contributed by atoms with E-state index in [1.807, 2.05) is 0 Å². The first-order chi connectivity index (χ1) is 49.1. The number of phenolic OH excluding ortho intramolecular Hbond substituents is 1. The van der Waals surface area contributed by atoms with Crippen molar-refractivity contribution < 1.29 is 150 Å². The summed E-state index contributed by atoms with van der Waals surface area (Å²) in [6.45, 7) is 11.4. The topological polar surface area (TPSA) is 320 Å². The lowest BCUT2D eigenvalue weighted by Gasteiger charge is -2.52. The van der Waals surface area contributed by atoms with E-state index in [2.05, 4.69) is 48.7 Å². The summed E-state index contributed by atoms with van der Waals surface area (Å²) in [6.07, 6.45) is 4.96. The number of halogens is 18. The molecule has 596 valence electrons. The molecule has 6 aliphatic rings. The summed E-state index contributed by atoms with van der Waals surface area (Å²) in [5, 5.41) is 12.8. The Kier molecular flexibility index (Phi) is 40.3. The summed E-state index contributed by atoms with van der Waals surface area (Å²) in [5.41, 5.74) is 3.05. The molecular formula is C58H75F18N11O15S3. The molecule has 26 nitrogen and oxygen atoms in total. The minimum atomic E-state index is -3.95. The van der Waals surface area contributed by atoms with Crippen LogP contribution in [0, 0.1) is 31.3 Å². The van der Waals surface area contributed by atoms with Crippen molar-refractivity contribution in [2.24, 2.45) is 10.7 Å². The average Bonchev–Trinajstić information content (AvgIpc) is 0.730. The van der Waals surface area contributed by atoms with Crippen molar-refractivity contribution in [2.75, 3.05) is 82.1 Å². The van der Waals surface area contributed by atoms with E-state index < -0.39 is 98.2 Å². The standard InChI is InChI=1S/C21H25FN4O5S.C20H24FN5O5S.C16H21FN2O5S.CH4.7F2.FH/c1-13-9-23-10-20(24-13)31-15-5-6-18(22)17(7-15)21-12-30-16(11-29-4)8-19(21)32(27,28)26(3)14(2)25-21;1-12-8-23-9-18(24-12)31-13-4-5-16(21)15(6-13)20-11-30-14(10-29-3)7-17(20)32(27,28)26(2)19(22)25-20;1-10-18-16(13-6-11(20)4-5-14(13)17)9-24-12(8-23-3)7-15(16)25(21,22)19(10)2;;7*1-2;/h5-7,9-10,16,19,25H,2,8,11-12H2,1,3-4H3;4-6,8-9,14,17H,7,10-11H2,1-3H3,(H2,22,25);4-6,12,15,18,20H,1,7-9H2,2-3H3;1H4;;;;;;;;1H/t16-,19-,21-;14-,17-,20-;12-,15-,16-;;;;;;;;;/m111........./s1. The Bertz CT molecular complexity index is 3920. The Morgan fingerprint density at radius 3 is 1.25 bits per heavy atom. The van der Waals surface area contributed by atoms with Gasteiger partial charge < -0.3 is 59.4 Å². The molecule has 0 amide bonds. The molecule has 47 heteroatoms. The molecule has 5 N–H and O–H groups in total. The van der Waals surface area contributed by atoms with Crippen LogP contribution >= 0.6 is 0 Å². The Hall–Kier alpha value is -8.48. The van der Waals surface area contributed by atoms with Crippen molar-refractivity contribution in [1.82, 2.24) is 43.5 Å². The van der Waals surface area contributed by atoms with Gasteiger partial charge in [0, 0.05) is 136 Å². The van der Waals surface area contributed by atoms with E-state index in [1.54, 1.807) is 26.2 Å². The first-order valence-corrected chi connectivity index (χ1v) is 33.1. The Labute approximate surface area is 590 Å². The molecule has 0 bridgehead atoms. The number of nitrogens with zero attached hydrogens (tertiary/aromatic N) is 8. The normalized spacial score (nSPS) is 24.2. The molecule has 6 aliphatic heterocycles. The number of guanidine groups is 1. The molecule has 2 aromatic heterocycles. The number of methoxy groups -OCH3 is 3. The van der Waals surface area contributed by atoms with Crippen LogP contribution in [0.25, 0.3) is 0 Å². The Morgan fingerprint density at radius 1 is 0.533 bits per heavy atom. The van der Waals surface area contributed by atoms with Gasteiger partial charge in [-0.15, -0.1) is 0 Å². The molecule has 0 spiro atoms. The third kappa shape index (κ3) is 21.6. The van der Waals surface area contributed by atoms with E-state index in [1.165, 1.54) is 103 Å². The van der Waals surface area contributed by atoms with Gasteiger partial charge in [-0.05, 0) is 87.7 Å². The second kappa shape index (κ2) is 43.8. The summed E-state index contributed by atoms with van der Waals surface area (Å²) in [6, 6.07) is 11.7. The second-order valence-electron chi connectivity index (χ2n) is 22.0. The number of fused-ring (bicyclic) bond motifs is 3. The number of ether oxygens (including phenoxy) is 8. The number of hydrogen-bond donors (Lipinski definition) is 4. The minimum Gasteiger partial charge on any atom is -0.508 e. The number of sulfonamides is 3. The van der Waals surface area contributed by atoms with Gasteiger partial charge in [-0.1, -0.05) is 20.6 Å². The van der Waals surface area contributed by atoms with E-state index in [0.717, 1.165) is 19.0 Å². The maximum Gasteiger partial charge on any atom is 0.243 e. The molecule has 0 saturated carbocycles. The van der Waals surface area contributed by atoms with Gasteiger partial charge in [-0.3, -0.25) is 23.3 Å². The molecule has 11 rings (SSSR count). The molecule has 0 aliphatic carbocycles. The molecule has 5 aromatic rings. The van der Waals surface area contributed by atoms with Crippen molar-refractivity contribution in [3.63, 3.8) is 0 Å². The van der Waals surface area contributed by atoms with Crippen molar-refractivity contribution in [3.05, 3.63) is 150 Å². The SMILES string of the molecule is C.C=C1N[C@@]2(c3cc(O)ccc3F)CO[C@@H](COC)C[C@H]2S(=O)(=O)N1C.C=C1N[C@@]2(c3cc(Oc4cncc(C)n4)ccc3F)CO[C@@H](COC)C[C@H]2S(=O)(=O)N1C.COC[C@H]1C[C@@H]2[C@](c3cc(Oc4cncc(C)n4)ccc3F)(CO1)N=C(N)N(C)S2(=O)=O.F.FF.FF.FF.FF.FF.FF.FF. The highest BCUT2D eigenvalue weighted by Crippen LogP contribution is 2.48. The van der Waals surface area contributed by atoms with Crippen molar-refractivity contribution in [3.8, 4) is 29.0 Å². The number of rotatable bonds is 13. The number of aromatic nitrogens is 4. The van der Waals surface area contributed by atoms with E-state index in [0.29, 0.717) is 11.4 Å². The van der Waals surface area contributed by atoms with Crippen LogP contribution in [0.3, 0.4) is 0 Å². The predicted molar refractivity (Wildman–Crippen MR) is 341 cm³/mol. The number of aryl methyl sites for hydroxylation is 2. The van der Waals surface area contributed by atoms with Gasteiger partial charge in [0.25, 0.3) is 0 Å². The van der Waals surface area contributed by atoms with Gasteiger partial charge in [0.15, 0.2) is 0 Å². The highest BCUT2D eigenvalue weighted by atomic mass is 32.2. The lowest BCUT2D eigenvalue weighted by molar-refractivity contribution is -0.0714. The molecule has 3 aromatic carbocycles. The number of nitrogens with one attached hydrogen (secondary N) is 2. The van der Waals surface area contributed by atoms with Gasteiger partial charge in [0.2, 0.25) is 47.8 Å². The van der Waals surface area contributed by atoms with Crippen LogP contribution in [0.2, 0.25) is 0 Å². The molecule has 0 radical (unpaired) electrons. The maximum atomic E-state index is 15.2. The fourth-order valence-corrected chi connectivity index (χ4v) is 17.5. The summed E-state index contributed by atoms with van der Waals surface area (Å²) >= 11 is 0. The zero-order valence-electron chi connectivity index (χ0n) is 55.6. The van der Waals surface area contributed by atoms with Crippen LogP contribution in [-0.4, -0.2) is 185 Å². The minimum absolute atomic E-state index is 0. The van der Waals surface area contributed by atoms with Gasteiger partial charge in [-0.25, -0.2) is 57.7 Å². The van der Waals surface area contributed by atoms with Crippen LogP contribution < -0.4 is 25.8 Å². The van der Waals surface area contributed by atoms with E-state index >= 15 is 8.78 Å². The molecule has 105 heavy (non-hydrogen) atoms. The lowest BCUT2D eigenvalue weighted by atomic mass is 9.82. The zero-order chi connectivity index (χ0) is 78.6. The van der Waals surface area contributed by atoms with Crippen molar-refractivity contribution in [1.29, 1.82) is 0 Å². The first kappa shape index (κ1) is 96.5. The fourth-order valence-electron chi connectivity index (χ4n) is 11.7. The molecular weight excluding hydrogens is 1530 g/mol. The lowest BCUT2D eigenvalue weighted by Crippen LogP contribution is -2.68. The average molecular weight is 1600 g/mol.